The van der Waals surface area contributed by atoms with Crippen LogP contribution in [0.3, 0.4) is 0 Å². The van der Waals surface area contributed by atoms with Gasteiger partial charge in [-0.15, -0.1) is 0 Å². The normalized spacial score (nSPS) is 20.3. The molecule has 3 aromatic carbocycles. The molecule has 4 nitrogen and oxygen atoms in total. The number of hydrogen-bond acceptors (Lipinski definition) is 4. The maximum absolute atomic E-state index is 12.4. The summed E-state index contributed by atoms with van der Waals surface area (Å²) >= 11 is 0. The lowest BCUT2D eigenvalue weighted by molar-refractivity contribution is -0.0501. The third-order valence-corrected chi connectivity index (χ3v) is 5.08. The van der Waals surface area contributed by atoms with E-state index >= 15 is 0 Å². The van der Waals surface area contributed by atoms with Gasteiger partial charge in [0.1, 0.15) is 11.5 Å². The molecule has 2 aliphatic heterocycles. The Bertz CT molecular complexity index is 1040. The molecule has 3 aromatic rings. The van der Waals surface area contributed by atoms with Crippen molar-refractivity contribution >= 4 is 5.70 Å². The molecule has 5 rings (SSSR count). The quantitative estimate of drug-likeness (QED) is 0.655. The van der Waals surface area contributed by atoms with E-state index < -0.39 is 12.8 Å². The Morgan fingerprint density at radius 2 is 1.62 bits per heavy atom. The Labute approximate surface area is 167 Å². The van der Waals surface area contributed by atoms with Gasteiger partial charge in [0.2, 0.25) is 0 Å². The summed E-state index contributed by atoms with van der Waals surface area (Å²) in [6.07, 6.45) is 1.76. The molecule has 0 amide bonds. The molecule has 0 bridgehead atoms. The summed E-state index contributed by atoms with van der Waals surface area (Å²) in [7, 11) is 0. The van der Waals surface area contributed by atoms with Gasteiger partial charge in [0.05, 0.1) is 11.7 Å². The van der Waals surface area contributed by atoms with Gasteiger partial charge in [-0.2, -0.15) is 13.8 Å². The Morgan fingerprint density at radius 3 is 2.38 bits per heavy atom. The fourth-order valence-electron chi connectivity index (χ4n) is 3.76. The Kier molecular flexibility index (Phi) is 4.41. The molecule has 29 heavy (non-hydrogen) atoms. The second-order valence-corrected chi connectivity index (χ2v) is 6.87. The van der Waals surface area contributed by atoms with Gasteiger partial charge in [0.25, 0.3) is 0 Å². The summed E-state index contributed by atoms with van der Waals surface area (Å²) in [5.41, 5.74) is 7.45. The molecule has 2 heterocycles. The van der Waals surface area contributed by atoms with E-state index in [2.05, 4.69) is 34.4 Å². The van der Waals surface area contributed by atoms with Gasteiger partial charge < -0.3 is 14.9 Å². The first-order chi connectivity index (χ1) is 14.2. The second kappa shape index (κ2) is 7.22. The van der Waals surface area contributed by atoms with Crippen molar-refractivity contribution in [3.05, 3.63) is 102 Å². The lowest BCUT2D eigenvalue weighted by Crippen LogP contribution is -2.43. The molecular formula is C23H18F2N2O2. The minimum Gasteiger partial charge on any atom is -0.469 e. The van der Waals surface area contributed by atoms with E-state index in [-0.39, 0.29) is 11.8 Å². The number of nitrogens with one attached hydrogen (secondary N) is 1. The van der Waals surface area contributed by atoms with Crippen LogP contribution < -0.4 is 14.9 Å². The second-order valence-electron chi connectivity index (χ2n) is 6.87. The molecule has 0 aromatic heterocycles. The fourth-order valence-corrected chi connectivity index (χ4v) is 3.76. The molecule has 1 N–H and O–H groups in total. The van der Waals surface area contributed by atoms with Crippen molar-refractivity contribution in [2.45, 2.75) is 18.9 Å². The first kappa shape index (κ1) is 17.7. The largest absolute Gasteiger partial charge is 0.469 e. The summed E-state index contributed by atoms with van der Waals surface area (Å²) in [5, 5.41) is 2.04. The van der Waals surface area contributed by atoms with E-state index in [1.165, 1.54) is 12.1 Å². The monoisotopic (exact) mass is 392 g/mol. The standard InChI is InChI=1S/C23H18F2N2O2/c24-23(25)28-17-12-10-16(11-13-17)22-27-20(18-8-4-5-9-21(18)29-22)14-19(26-27)15-6-2-1-3-7-15/h1-14,20,22-23,26H/t20-,22+/m0/s1. The fraction of sp³-hybridized carbons (Fsp3) is 0.130. The molecule has 0 radical (unpaired) electrons. The predicted molar refractivity (Wildman–Crippen MR) is 105 cm³/mol. The number of ether oxygens (including phenoxy) is 2. The van der Waals surface area contributed by atoms with Crippen molar-refractivity contribution in [2.24, 2.45) is 0 Å². The highest BCUT2D eigenvalue weighted by Crippen LogP contribution is 2.45. The van der Waals surface area contributed by atoms with Crippen molar-refractivity contribution in [2.75, 3.05) is 0 Å². The first-order valence-electron chi connectivity index (χ1n) is 9.31. The maximum atomic E-state index is 12.4. The molecule has 146 valence electrons. The van der Waals surface area contributed by atoms with Crippen LogP contribution in [0, 0.1) is 0 Å². The lowest BCUT2D eigenvalue weighted by Gasteiger charge is -2.39. The van der Waals surface area contributed by atoms with E-state index in [0.717, 1.165) is 28.1 Å². The molecule has 0 spiro atoms. The summed E-state index contributed by atoms with van der Waals surface area (Å²) < 4.78 is 35.6. The van der Waals surface area contributed by atoms with Crippen LogP contribution in [0.5, 0.6) is 11.5 Å². The number of alkyl halides is 2. The van der Waals surface area contributed by atoms with Crippen molar-refractivity contribution in [3.8, 4) is 11.5 Å². The molecule has 6 heteroatoms. The van der Waals surface area contributed by atoms with Crippen molar-refractivity contribution in [1.29, 1.82) is 0 Å². The van der Waals surface area contributed by atoms with Crippen LogP contribution in [0.15, 0.2) is 84.9 Å². The highest BCUT2D eigenvalue weighted by Gasteiger charge is 2.39. The van der Waals surface area contributed by atoms with Crippen molar-refractivity contribution in [3.63, 3.8) is 0 Å². The van der Waals surface area contributed by atoms with Crippen LogP contribution in [0.25, 0.3) is 5.70 Å². The summed E-state index contributed by atoms with van der Waals surface area (Å²) in [6, 6.07) is 24.5. The number of halogens is 2. The number of para-hydroxylation sites is 1. The van der Waals surface area contributed by atoms with Gasteiger partial charge >= 0.3 is 6.61 Å². The molecule has 0 saturated carbocycles. The molecular weight excluding hydrogens is 374 g/mol. The molecule has 2 aliphatic rings. The average Bonchev–Trinajstić information content (AvgIpc) is 3.20. The van der Waals surface area contributed by atoms with Crippen LogP contribution in [0.2, 0.25) is 0 Å². The van der Waals surface area contributed by atoms with Crippen LogP contribution in [0.4, 0.5) is 8.78 Å². The highest BCUT2D eigenvalue weighted by atomic mass is 19.3. The average molecular weight is 392 g/mol. The van der Waals surface area contributed by atoms with Gasteiger partial charge in [0, 0.05) is 11.1 Å². The number of benzene rings is 3. The number of rotatable bonds is 4. The van der Waals surface area contributed by atoms with Crippen LogP contribution >= 0.6 is 0 Å². The zero-order valence-electron chi connectivity index (χ0n) is 15.3. The zero-order chi connectivity index (χ0) is 19.8. The Hall–Kier alpha value is -3.38. The third kappa shape index (κ3) is 3.32. The van der Waals surface area contributed by atoms with Crippen LogP contribution in [0.1, 0.15) is 29.0 Å². The summed E-state index contributed by atoms with van der Waals surface area (Å²) in [4.78, 5) is 0. The number of fused-ring (bicyclic) bond motifs is 3. The SMILES string of the molecule is FC(F)Oc1ccc([C@H]2Oc3ccccc3[C@@H]3C=C(c4ccccc4)NN23)cc1. The predicted octanol–water partition coefficient (Wildman–Crippen LogP) is 5.28. The molecule has 0 saturated heterocycles. The van der Waals surface area contributed by atoms with Gasteiger partial charge in [-0.1, -0.05) is 60.7 Å². The topological polar surface area (TPSA) is 33.7 Å². The third-order valence-electron chi connectivity index (χ3n) is 5.08. The van der Waals surface area contributed by atoms with Gasteiger partial charge in [0.15, 0.2) is 6.23 Å². The van der Waals surface area contributed by atoms with Crippen LogP contribution in [-0.4, -0.2) is 11.6 Å². The maximum Gasteiger partial charge on any atom is 0.387 e. The smallest absolute Gasteiger partial charge is 0.387 e. The minimum atomic E-state index is -2.85. The molecule has 2 atom stereocenters. The zero-order valence-corrected chi connectivity index (χ0v) is 15.3. The van der Waals surface area contributed by atoms with E-state index in [9.17, 15) is 8.78 Å². The van der Waals surface area contributed by atoms with E-state index in [1.54, 1.807) is 12.1 Å². The van der Waals surface area contributed by atoms with E-state index in [4.69, 9.17) is 4.74 Å². The Morgan fingerprint density at radius 1 is 0.897 bits per heavy atom. The van der Waals surface area contributed by atoms with E-state index in [1.807, 2.05) is 41.4 Å². The number of nitrogens with zero attached hydrogens (tertiary/aromatic N) is 1. The lowest BCUT2D eigenvalue weighted by atomic mass is 10.0. The molecule has 0 unspecified atom stereocenters. The summed E-state index contributed by atoms with van der Waals surface area (Å²) in [6.45, 7) is -2.85. The van der Waals surface area contributed by atoms with E-state index in [0.29, 0.717) is 0 Å². The van der Waals surface area contributed by atoms with Gasteiger partial charge in [-0.3, -0.25) is 0 Å². The Balaban J connectivity index is 1.50. The van der Waals surface area contributed by atoms with Crippen molar-refractivity contribution < 1.29 is 18.3 Å². The molecule has 0 aliphatic carbocycles. The van der Waals surface area contributed by atoms with Crippen LogP contribution in [-0.2, 0) is 0 Å². The minimum absolute atomic E-state index is 0.0165. The summed E-state index contributed by atoms with van der Waals surface area (Å²) in [5.74, 6) is 0.924. The number of hydrogen-bond donors (Lipinski definition) is 1. The first-order valence-corrected chi connectivity index (χ1v) is 9.31. The van der Waals surface area contributed by atoms with Gasteiger partial charge in [-0.25, -0.2) is 0 Å². The van der Waals surface area contributed by atoms with Crippen molar-refractivity contribution in [1.82, 2.24) is 10.4 Å². The molecule has 0 fully saturated rings. The highest BCUT2D eigenvalue weighted by molar-refractivity contribution is 5.67. The van der Waals surface area contributed by atoms with Gasteiger partial charge in [-0.05, 0) is 29.8 Å². The number of hydrazine groups is 1.